The first-order valence-electron chi connectivity index (χ1n) is 6.08. The molecular formula is C15H22O3. The van der Waals surface area contributed by atoms with E-state index in [1.807, 2.05) is 44.2 Å². The molecule has 0 spiro atoms. The summed E-state index contributed by atoms with van der Waals surface area (Å²) in [5.41, 5.74) is 1.02. The van der Waals surface area contributed by atoms with Gasteiger partial charge in [0.05, 0.1) is 13.4 Å². The van der Waals surface area contributed by atoms with Crippen LogP contribution in [0.25, 0.3) is 0 Å². The van der Waals surface area contributed by atoms with E-state index < -0.39 is 0 Å². The van der Waals surface area contributed by atoms with Gasteiger partial charge in [0.15, 0.2) is 0 Å². The monoisotopic (exact) mass is 250 g/mol. The van der Waals surface area contributed by atoms with Gasteiger partial charge in [-0.3, -0.25) is 0 Å². The summed E-state index contributed by atoms with van der Waals surface area (Å²) in [6.07, 6.45) is 4.44. The number of rotatable bonds is 7. The molecule has 0 aliphatic carbocycles. The lowest BCUT2D eigenvalue weighted by Crippen LogP contribution is -2.14. The van der Waals surface area contributed by atoms with Crippen LogP contribution in [0, 0.1) is 5.41 Å². The molecule has 3 heteroatoms. The van der Waals surface area contributed by atoms with Gasteiger partial charge in [0, 0.05) is 6.61 Å². The van der Waals surface area contributed by atoms with Crippen LogP contribution >= 0.6 is 0 Å². The van der Waals surface area contributed by atoms with E-state index in [4.69, 9.17) is 14.6 Å². The van der Waals surface area contributed by atoms with Crippen molar-refractivity contribution in [2.24, 2.45) is 5.41 Å². The summed E-state index contributed by atoms with van der Waals surface area (Å²) in [7, 11) is 1.65. The summed E-state index contributed by atoms with van der Waals surface area (Å²) in [4.78, 5) is 0. The van der Waals surface area contributed by atoms with Crippen LogP contribution in [0.1, 0.15) is 25.8 Å². The van der Waals surface area contributed by atoms with Crippen LogP contribution in [-0.2, 0) is 11.3 Å². The van der Waals surface area contributed by atoms with E-state index in [1.54, 1.807) is 13.4 Å². The van der Waals surface area contributed by atoms with Crippen molar-refractivity contribution in [3.8, 4) is 5.75 Å². The lowest BCUT2D eigenvalue weighted by atomic mass is 9.91. The highest BCUT2D eigenvalue weighted by atomic mass is 16.5. The van der Waals surface area contributed by atoms with Crippen LogP contribution in [0.3, 0.4) is 0 Å². The number of aliphatic hydroxyl groups excluding tert-OH is 1. The largest absolute Gasteiger partial charge is 0.497 e. The fraction of sp³-hybridized carbons (Fsp3) is 0.467. The van der Waals surface area contributed by atoms with Crippen molar-refractivity contribution in [1.29, 1.82) is 0 Å². The molecule has 0 bridgehead atoms. The van der Waals surface area contributed by atoms with Crippen LogP contribution in [-0.4, -0.2) is 18.8 Å². The maximum atomic E-state index is 9.09. The van der Waals surface area contributed by atoms with E-state index in [1.165, 1.54) is 0 Å². The maximum Gasteiger partial charge on any atom is 0.118 e. The third kappa shape index (κ3) is 5.23. The van der Waals surface area contributed by atoms with Crippen LogP contribution in [0.4, 0.5) is 0 Å². The van der Waals surface area contributed by atoms with Gasteiger partial charge >= 0.3 is 0 Å². The molecule has 1 rings (SSSR count). The standard InChI is InChI=1S/C15H22O3/c1-15(2,12-16)9-4-10-18-11-13-5-7-14(17-3)8-6-13/h4-8,10,16H,9,11-12H2,1-3H3. The van der Waals surface area contributed by atoms with Gasteiger partial charge in [0.2, 0.25) is 0 Å². The van der Waals surface area contributed by atoms with Gasteiger partial charge in [0.1, 0.15) is 12.4 Å². The molecular weight excluding hydrogens is 228 g/mol. The van der Waals surface area contributed by atoms with Gasteiger partial charge in [-0.1, -0.05) is 26.0 Å². The number of ether oxygens (including phenoxy) is 2. The summed E-state index contributed by atoms with van der Waals surface area (Å²) in [5, 5.41) is 9.09. The molecule has 0 aliphatic rings. The molecule has 0 heterocycles. The van der Waals surface area contributed by atoms with Gasteiger partial charge < -0.3 is 14.6 Å². The van der Waals surface area contributed by atoms with Crippen molar-refractivity contribution >= 4 is 0 Å². The summed E-state index contributed by atoms with van der Waals surface area (Å²) in [6, 6.07) is 7.78. The van der Waals surface area contributed by atoms with Gasteiger partial charge in [-0.2, -0.15) is 0 Å². The molecule has 0 radical (unpaired) electrons. The van der Waals surface area contributed by atoms with Crippen molar-refractivity contribution in [1.82, 2.24) is 0 Å². The van der Waals surface area contributed by atoms with Crippen LogP contribution in [0.2, 0.25) is 0 Å². The zero-order valence-electron chi connectivity index (χ0n) is 11.3. The predicted octanol–water partition coefficient (Wildman–Crippen LogP) is 3.13. The van der Waals surface area contributed by atoms with E-state index in [9.17, 15) is 0 Å². The number of hydrogen-bond acceptors (Lipinski definition) is 3. The Morgan fingerprint density at radius 3 is 2.44 bits per heavy atom. The molecule has 1 aromatic carbocycles. The molecule has 0 fully saturated rings. The normalized spacial score (nSPS) is 11.8. The number of allylic oxidation sites excluding steroid dienone is 1. The SMILES string of the molecule is COc1ccc(COC=CCC(C)(C)CO)cc1. The van der Waals surface area contributed by atoms with Gasteiger partial charge in [-0.25, -0.2) is 0 Å². The van der Waals surface area contributed by atoms with Crippen molar-refractivity contribution in [3.63, 3.8) is 0 Å². The minimum absolute atomic E-state index is 0.0834. The van der Waals surface area contributed by atoms with Gasteiger partial charge in [-0.05, 0) is 35.6 Å². The number of benzene rings is 1. The minimum Gasteiger partial charge on any atom is -0.497 e. The lowest BCUT2D eigenvalue weighted by molar-refractivity contribution is 0.160. The first kappa shape index (κ1) is 14.6. The van der Waals surface area contributed by atoms with E-state index in [2.05, 4.69) is 0 Å². The number of hydrogen-bond donors (Lipinski definition) is 1. The second-order valence-corrected chi connectivity index (χ2v) is 5.06. The quantitative estimate of drug-likeness (QED) is 0.756. The number of methoxy groups -OCH3 is 1. The summed E-state index contributed by atoms with van der Waals surface area (Å²) < 4.78 is 10.5. The van der Waals surface area contributed by atoms with Crippen molar-refractivity contribution in [3.05, 3.63) is 42.2 Å². The van der Waals surface area contributed by atoms with Crippen LogP contribution in [0.15, 0.2) is 36.6 Å². The molecule has 0 unspecified atom stereocenters. The number of aliphatic hydroxyl groups is 1. The Hall–Kier alpha value is -1.48. The Morgan fingerprint density at radius 1 is 1.22 bits per heavy atom. The van der Waals surface area contributed by atoms with E-state index >= 15 is 0 Å². The highest BCUT2D eigenvalue weighted by molar-refractivity contribution is 5.26. The second kappa shape index (κ2) is 7.07. The molecule has 0 saturated heterocycles. The molecule has 1 aromatic rings. The van der Waals surface area contributed by atoms with Crippen molar-refractivity contribution in [2.45, 2.75) is 26.9 Å². The Labute approximate surface area is 109 Å². The Balaban J connectivity index is 2.30. The Bertz CT molecular complexity index is 366. The van der Waals surface area contributed by atoms with E-state index in [0.29, 0.717) is 6.61 Å². The van der Waals surface area contributed by atoms with Crippen molar-refractivity contribution in [2.75, 3.05) is 13.7 Å². The molecule has 3 nitrogen and oxygen atoms in total. The Kier molecular flexibility index (Phi) is 5.72. The molecule has 0 atom stereocenters. The first-order valence-corrected chi connectivity index (χ1v) is 6.08. The average molecular weight is 250 g/mol. The van der Waals surface area contributed by atoms with Gasteiger partial charge in [0.25, 0.3) is 0 Å². The van der Waals surface area contributed by atoms with E-state index in [-0.39, 0.29) is 12.0 Å². The lowest BCUT2D eigenvalue weighted by Gasteiger charge is -2.18. The summed E-state index contributed by atoms with van der Waals surface area (Å²) in [6.45, 7) is 4.75. The maximum absolute atomic E-state index is 9.09. The first-order chi connectivity index (χ1) is 8.57. The molecule has 0 aliphatic heterocycles. The van der Waals surface area contributed by atoms with Crippen LogP contribution < -0.4 is 4.74 Å². The molecule has 0 aromatic heterocycles. The zero-order valence-corrected chi connectivity index (χ0v) is 11.3. The molecule has 18 heavy (non-hydrogen) atoms. The van der Waals surface area contributed by atoms with Crippen LogP contribution in [0.5, 0.6) is 5.75 Å². The fourth-order valence-corrected chi connectivity index (χ4v) is 1.37. The third-order valence-corrected chi connectivity index (χ3v) is 2.70. The zero-order chi connectivity index (χ0) is 13.4. The molecule has 0 saturated carbocycles. The Morgan fingerprint density at radius 2 is 1.89 bits per heavy atom. The highest BCUT2D eigenvalue weighted by Gasteiger charge is 2.13. The van der Waals surface area contributed by atoms with E-state index in [0.717, 1.165) is 17.7 Å². The topological polar surface area (TPSA) is 38.7 Å². The van der Waals surface area contributed by atoms with Gasteiger partial charge in [-0.15, -0.1) is 0 Å². The fourth-order valence-electron chi connectivity index (χ4n) is 1.37. The van der Waals surface area contributed by atoms with Crippen molar-refractivity contribution < 1.29 is 14.6 Å². The summed E-state index contributed by atoms with van der Waals surface area (Å²) in [5.74, 6) is 0.846. The minimum atomic E-state index is -0.0834. The average Bonchev–Trinajstić information content (AvgIpc) is 2.39. The second-order valence-electron chi connectivity index (χ2n) is 5.06. The summed E-state index contributed by atoms with van der Waals surface area (Å²) >= 11 is 0. The smallest absolute Gasteiger partial charge is 0.118 e. The molecule has 1 N–H and O–H groups in total. The predicted molar refractivity (Wildman–Crippen MR) is 72.4 cm³/mol. The third-order valence-electron chi connectivity index (χ3n) is 2.70. The highest BCUT2D eigenvalue weighted by Crippen LogP contribution is 2.19. The molecule has 100 valence electrons. The molecule has 0 amide bonds.